The molecule has 0 aliphatic carbocycles. The molecule has 152 valence electrons. The van der Waals surface area contributed by atoms with Gasteiger partial charge in [-0.1, -0.05) is 6.07 Å². The summed E-state index contributed by atoms with van der Waals surface area (Å²) in [4.78, 5) is 2.40. The molecular weight excluding hydrogens is 381 g/mol. The SMILES string of the molecule is Cc1ccc(O[C@@H]2C[C@H]3CC[C@@H](C2)N3CS(=O)(=O)c2c(C)n[nH]c2C)c(F)c1. The van der Waals surface area contributed by atoms with Crippen LogP contribution >= 0.6 is 0 Å². The van der Waals surface area contributed by atoms with Gasteiger partial charge in [0.2, 0.25) is 0 Å². The van der Waals surface area contributed by atoms with Crippen LogP contribution in [0.2, 0.25) is 0 Å². The summed E-state index contributed by atoms with van der Waals surface area (Å²) in [6.07, 6.45) is 3.22. The first-order valence-corrected chi connectivity index (χ1v) is 11.3. The third kappa shape index (κ3) is 3.55. The van der Waals surface area contributed by atoms with E-state index in [9.17, 15) is 12.8 Å². The standard InChI is InChI=1S/C20H26FN3O3S/c1-12-4-7-19(18(21)8-12)27-17-9-15-5-6-16(10-17)24(15)11-28(25,26)20-13(2)22-23-14(20)3/h4,7-8,15-17H,5-6,9-11H2,1-3H3,(H,22,23)/t15-,16+,17-. The molecule has 3 atom stereocenters. The number of hydrogen-bond acceptors (Lipinski definition) is 5. The second-order valence-electron chi connectivity index (χ2n) is 8.05. The minimum atomic E-state index is -3.46. The lowest BCUT2D eigenvalue weighted by molar-refractivity contribution is 0.0585. The molecule has 6 nitrogen and oxygen atoms in total. The summed E-state index contributed by atoms with van der Waals surface area (Å²) in [5.74, 6) is -0.0706. The Morgan fingerprint density at radius 1 is 1.21 bits per heavy atom. The number of piperidine rings is 1. The van der Waals surface area contributed by atoms with Gasteiger partial charge in [-0.3, -0.25) is 10.00 Å². The summed E-state index contributed by atoms with van der Waals surface area (Å²) in [6.45, 7) is 5.29. The smallest absolute Gasteiger partial charge is 0.195 e. The number of ether oxygens (including phenoxy) is 1. The molecule has 0 radical (unpaired) electrons. The molecule has 0 unspecified atom stereocenters. The Labute approximate surface area is 165 Å². The summed E-state index contributed by atoms with van der Waals surface area (Å²) in [6, 6.07) is 5.26. The highest BCUT2D eigenvalue weighted by Gasteiger charge is 2.44. The van der Waals surface area contributed by atoms with Gasteiger partial charge in [-0.05, 0) is 64.2 Å². The van der Waals surface area contributed by atoms with E-state index < -0.39 is 9.84 Å². The van der Waals surface area contributed by atoms with Crippen LogP contribution in [0.25, 0.3) is 0 Å². The number of nitrogens with zero attached hydrogens (tertiary/aromatic N) is 2. The third-order valence-electron chi connectivity index (χ3n) is 5.91. The maximum atomic E-state index is 14.1. The Kier molecular flexibility index (Phi) is 4.95. The second-order valence-corrected chi connectivity index (χ2v) is 9.95. The fraction of sp³-hybridized carbons (Fsp3) is 0.550. The fourth-order valence-corrected chi connectivity index (χ4v) is 6.62. The van der Waals surface area contributed by atoms with Crippen molar-refractivity contribution in [1.29, 1.82) is 0 Å². The van der Waals surface area contributed by atoms with Crippen molar-refractivity contribution in [3.8, 4) is 5.75 Å². The van der Waals surface area contributed by atoms with Gasteiger partial charge >= 0.3 is 0 Å². The zero-order valence-electron chi connectivity index (χ0n) is 16.4. The van der Waals surface area contributed by atoms with Crippen molar-refractivity contribution in [3.63, 3.8) is 0 Å². The average Bonchev–Trinajstić information content (AvgIpc) is 3.05. The summed E-state index contributed by atoms with van der Waals surface area (Å²) in [5, 5.41) is 6.78. The predicted molar refractivity (Wildman–Crippen MR) is 104 cm³/mol. The number of fused-ring (bicyclic) bond motifs is 2. The highest BCUT2D eigenvalue weighted by Crippen LogP contribution is 2.38. The van der Waals surface area contributed by atoms with E-state index in [1.54, 1.807) is 19.9 Å². The molecule has 2 aromatic rings. The minimum Gasteiger partial charge on any atom is -0.487 e. The Bertz CT molecular complexity index is 955. The van der Waals surface area contributed by atoms with Gasteiger partial charge < -0.3 is 4.74 Å². The van der Waals surface area contributed by atoms with Crippen molar-refractivity contribution < 1.29 is 17.5 Å². The van der Waals surface area contributed by atoms with Crippen molar-refractivity contribution in [3.05, 3.63) is 41.0 Å². The molecule has 0 spiro atoms. The minimum absolute atomic E-state index is 0.00480. The first-order valence-electron chi connectivity index (χ1n) is 9.67. The van der Waals surface area contributed by atoms with Crippen LogP contribution in [0.1, 0.15) is 42.6 Å². The van der Waals surface area contributed by atoms with Crippen LogP contribution in [0, 0.1) is 26.6 Å². The summed E-state index contributed by atoms with van der Waals surface area (Å²) in [5.41, 5.74) is 1.95. The van der Waals surface area contributed by atoms with Gasteiger partial charge in [0, 0.05) is 12.1 Å². The number of hydrogen-bond donors (Lipinski definition) is 1. The molecular formula is C20H26FN3O3S. The largest absolute Gasteiger partial charge is 0.487 e. The molecule has 1 N–H and O–H groups in total. The lowest BCUT2D eigenvalue weighted by Gasteiger charge is -2.38. The van der Waals surface area contributed by atoms with Crippen LogP contribution in [0.5, 0.6) is 5.75 Å². The van der Waals surface area contributed by atoms with Gasteiger partial charge in [-0.2, -0.15) is 5.10 Å². The number of benzene rings is 1. The molecule has 28 heavy (non-hydrogen) atoms. The van der Waals surface area contributed by atoms with Gasteiger partial charge in [0.1, 0.15) is 16.9 Å². The Balaban J connectivity index is 1.47. The number of aryl methyl sites for hydroxylation is 3. The lowest BCUT2D eigenvalue weighted by atomic mass is 10.0. The molecule has 1 aromatic carbocycles. The van der Waals surface area contributed by atoms with E-state index in [1.165, 1.54) is 6.07 Å². The van der Waals surface area contributed by atoms with Crippen molar-refractivity contribution in [2.45, 2.75) is 69.5 Å². The first kappa shape index (κ1) is 19.4. The van der Waals surface area contributed by atoms with E-state index in [-0.39, 0.29) is 35.6 Å². The number of H-pyrrole nitrogens is 1. The summed E-state index contributed by atoms with van der Waals surface area (Å²) in [7, 11) is -3.46. The number of aromatic amines is 1. The zero-order chi connectivity index (χ0) is 20.1. The fourth-order valence-electron chi connectivity index (χ4n) is 4.67. The Hall–Kier alpha value is -1.93. The maximum absolute atomic E-state index is 14.1. The normalized spacial score (nSPS) is 25.2. The van der Waals surface area contributed by atoms with E-state index in [0.717, 1.165) is 18.4 Å². The topological polar surface area (TPSA) is 75.3 Å². The molecule has 2 fully saturated rings. The molecule has 2 aliphatic heterocycles. The van der Waals surface area contributed by atoms with Crippen LogP contribution in [0.3, 0.4) is 0 Å². The molecule has 2 saturated heterocycles. The lowest BCUT2D eigenvalue weighted by Crippen LogP contribution is -2.48. The van der Waals surface area contributed by atoms with Gasteiger partial charge in [0.05, 0.1) is 11.4 Å². The maximum Gasteiger partial charge on any atom is 0.195 e. The molecule has 8 heteroatoms. The van der Waals surface area contributed by atoms with E-state index in [2.05, 4.69) is 15.1 Å². The zero-order valence-corrected chi connectivity index (χ0v) is 17.2. The van der Waals surface area contributed by atoms with Crippen LogP contribution < -0.4 is 4.74 Å². The predicted octanol–water partition coefficient (Wildman–Crippen LogP) is 3.28. The van der Waals surface area contributed by atoms with Gasteiger partial charge in [0.25, 0.3) is 0 Å². The van der Waals surface area contributed by atoms with E-state index in [0.29, 0.717) is 29.1 Å². The molecule has 0 amide bonds. The Morgan fingerprint density at radius 2 is 1.89 bits per heavy atom. The average molecular weight is 408 g/mol. The summed E-state index contributed by atoms with van der Waals surface area (Å²) >= 11 is 0. The van der Waals surface area contributed by atoms with Gasteiger partial charge in [-0.15, -0.1) is 0 Å². The molecule has 0 saturated carbocycles. The molecule has 2 bridgehead atoms. The number of nitrogens with one attached hydrogen (secondary N) is 1. The second kappa shape index (κ2) is 7.15. The third-order valence-corrected chi connectivity index (χ3v) is 7.77. The van der Waals surface area contributed by atoms with Crippen LogP contribution in [0.4, 0.5) is 4.39 Å². The molecule has 1 aromatic heterocycles. The van der Waals surface area contributed by atoms with Crippen LogP contribution in [-0.2, 0) is 9.84 Å². The molecule has 2 aliphatic rings. The summed E-state index contributed by atoms with van der Waals surface area (Å²) < 4.78 is 46.0. The van der Waals surface area contributed by atoms with Crippen molar-refractivity contribution >= 4 is 9.84 Å². The number of rotatable bonds is 5. The number of aromatic nitrogens is 2. The van der Waals surface area contributed by atoms with E-state index in [1.807, 2.05) is 13.0 Å². The number of sulfone groups is 1. The van der Waals surface area contributed by atoms with Gasteiger partial charge in [0.15, 0.2) is 21.4 Å². The molecule has 3 heterocycles. The van der Waals surface area contributed by atoms with E-state index in [4.69, 9.17) is 4.74 Å². The van der Waals surface area contributed by atoms with Gasteiger partial charge in [-0.25, -0.2) is 12.8 Å². The van der Waals surface area contributed by atoms with E-state index >= 15 is 0 Å². The highest BCUT2D eigenvalue weighted by molar-refractivity contribution is 7.91. The quantitative estimate of drug-likeness (QED) is 0.823. The monoisotopic (exact) mass is 407 g/mol. The van der Waals surface area contributed by atoms with Crippen molar-refractivity contribution in [2.75, 3.05) is 5.88 Å². The van der Waals surface area contributed by atoms with Crippen LogP contribution in [0.15, 0.2) is 23.1 Å². The molecule has 4 rings (SSSR count). The highest BCUT2D eigenvalue weighted by atomic mass is 32.2. The first-order chi connectivity index (χ1) is 13.2. The van der Waals surface area contributed by atoms with Crippen molar-refractivity contribution in [1.82, 2.24) is 15.1 Å². The van der Waals surface area contributed by atoms with Crippen LogP contribution in [-0.4, -0.2) is 47.6 Å². The van der Waals surface area contributed by atoms with Crippen molar-refractivity contribution in [2.24, 2.45) is 0 Å². The Morgan fingerprint density at radius 3 is 2.46 bits per heavy atom. The number of halogens is 1.